The van der Waals surface area contributed by atoms with Crippen molar-refractivity contribution < 1.29 is 27.5 Å². The number of aliphatic hydroxyl groups is 1. The molecule has 3 aromatic rings. The molecule has 2 aromatic carbocycles. The van der Waals surface area contributed by atoms with E-state index in [0.29, 0.717) is 49.3 Å². The molecule has 4 rings (SSSR count). The average molecular weight is 530 g/mol. The number of aliphatic hydroxyl groups excluding tert-OH is 1. The number of carbonyl (C=O) groups excluding carboxylic acids is 1. The monoisotopic (exact) mass is 529 g/mol. The number of alkyl halides is 3. The highest BCUT2D eigenvalue weighted by atomic mass is 19.4. The van der Waals surface area contributed by atoms with E-state index < -0.39 is 17.4 Å². The Morgan fingerprint density at radius 3 is 2.37 bits per heavy atom. The van der Waals surface area contributed by atoms with Gasteiger partial charge in [0.15, 0.2) is 5.83 Å². The number of hydrogen-bond donors (Lipinski definition) is 1. The second-order valence-corrected chi connectivity index (χ2v) is 10.3. The largest absolute Gasteiger partial charge is 0.397 e. The molecule has 1 fully saturated rings. The van der Waals surface area contributed by atoms with Crippen molar-refractivity contribution in [2.75, 3.05) is 13.1 Å². The fourth-order valence-corrected chi connectivity index (χ4v) is 4.39. The van der Waals surface area contributed by atoms with E-state index >= 15 is 4.39 Å². The Kier molecular flexibility index (Phi) is 7.78. The third-order valence-electron chi connectivity index (χ3n) is 7.12. The summed E-state index contributed by atoms with van der Waals surface area (Å²) < 4.78 is 56.5. The second-order valence-electron chi connectivity index (χ2n) is 10.3. The van der Waals surface area contributed by atoms with Gasteiger partial charge in [-0.15, -0.1) is 0 Å². The topological polar surface area (TPSA) is 58.4 Å². The van der Waals surface area contributed by atoms with Crippen molar-refractivity contribution in [3.8, 4) is 0 Å². The lowest BCUT2D eigenvalue weighted by Crippen LogP contribution is -2.40. The highest BCUT2D eigenvalue weighted by Crippen LogP contribution is 2.40. The smallest absolute Gasteiger partial charge is 0.393 e. The Bertz CT molecular complexity index is 1320. The molecular formula is C29H31F4N3O2. The van der Waals surface area contributed by atoms with Crippen molar-refractivity contribution >= 4 is 17.8 Å². The van der Waals surface area contributed by atoms with Gasteiger partial charge in [0.25, 0.3) is 5.91 Å². The van der Waals surface area contributed by atoms with Gasteiger partial charge in [-0.25, -0.2) is 4.39 Å². The summed E-state index contributed by atoms with van der Waals surface area (Å²) >= 11 is 0. The third-order valence-corrected chi connectivity index (χ3v) is 7.12. The molecule has 1 aliphatic rings. The Morgan fingerprint density at radius 1 is 1.08 bits per heavy atom. The minimum Gasteiger partial charge on any atom is -0.393 e. The van der Waals surface area contributed by atoms with Crippen LogP contribution in [0.15, 0.2) is 54.6 Å². The van der Waals surface area contributed by atoms with Crippen LogP contribution in [0.25, 0.3) is 11.9 Å². The average Bonchev–Trinajstić information content (AvgIpc) is 3.24. The number of hydrogen-bond acceptors (Lipinski definition) is 3. The number of halogens is 4. The first-order valence-electron chi connectivity index (χ1n) is 12.5. The van der Waals surface area contributed by atoms with Gasteiger partial charge in [-0.3, -0.25) is 9.48 Å². The van der Waals surface area contributed by atoms with Gasteiger partial charge in [-0.2, -0.15) is 18.3 Å². The number of aryl methyl sites for hydroxylation is 1. The zero-order valence-corrected chi connectivity index (χ0v) is 21.6. The molecule has 2 heterocycles. The number of piperidine rings is 1. The first kappa shape index (κ1) is 27.6. The number of carbonyl (C=O) groups is 1. The van der Waals surface area contributed by atoms with Gasteiger partial charge in [-0.05, 0) is 74.6 Å². The highest BCUT2D eigenvalue weighted by Gasteiger charge is 2.48. The van der Waals surface area contributed by atoms with E-state index in [1.165, 1.54) is 30.3 Å². The first-order chi connectivity index (χ1) is 17.8. The van der Waals surface area contributed by atoms with Crippen molar-refractivity contribution in [1.82, 2.24) is 14.7 Å². The Labute approximate surface area is 219 Å². The molecule has 0 unspecified atom stereocenters. The third kappa shape index (κ3) is 5.99. The maximum atomic E-state index is 15.0. The lowest BCUT2D eigenvalue weighted by atomic mass is 9.83. The maximum Gasteiger partial charge on any atom is 0.397 e. The van der Waals surface area contributed by atoms with Crippen LogP contribution in [0, 0.1) is 6.92 Å². The number of aromatic nitrogens is 2. The van der Waals surface area contributed by atoms with Crippen LogP contribution in [-0.4, -0.2) is 51.1 Å². The summed E-state index contributed by atoms with van der Waals surface area (Å²) in [4.78, 5) is 14.6. The number of amides is 1. The zero-order valence-electron chi connectivity index (χ0n) is 21.6. The molecule has 38 heavy (non-hydrogen) atoms. The molecule has 1 aromatic heterocycles. The van der Waals surface area contributed by atoms with Crippen molar-refractivity contribution in [2.24, 2.45) is 0 Å². The lowest BCUT2D eigenvalue weighted by Gasteiger charge is -2.29. The summed E-state index contributed by atoms with van der Waals surface area (Å²) in [5, 5.41) is 14.1. The van der Waals surface area contributed by atoms with Crippen LogP contribution in [0.2, 0.25) is 0 Å². The normalized spacial score (nSPS) is 15.7. The SMILES string of the molecule is Cc1cc(C(F)=Cc2ccc(C(C)(C)C(F)(F)F)cc2)nn1Cc1cccc(C(=O)N2CCC(O)CC2)c1. The van der Waals surface area contributed by atoms with E-state index in [-0.39, 0.29) is 23.3 Å². The van der Waals surface area contributed by atoms with Crippen molar-refractivity contribution in [3.63, 3.8) is 0 Å². The van der Waals surface area contributed by atoms with Crippen molar-refractivity contribution in [2.45, 2.75) is 57.9 Å². The summed E-state index contributed by atoms with van der Waals surface area (Å²) in [6.45, 7) is 5.38. The molecule has 1 amide bonds. The molecule has 0 bridgehead atoms. The van der Waals surface area contributed by atoms with Gasteiger partial charge in [0.05, 0.1) is 18.1 Å². The van der Waals surface area contributed by atoms with Crippen LogP contribution >= 0.6 is 0 Å². The number of nitrogens with zero attached hydrogens (tertiary/aromatic N) is 3. The minimum atomic E-state index is -4.40. The second kappa shape index (κ2) is 10.7. The van der Waals surface area contributed by atoms with E-state index in [2.05, 4.69) is 5.10 Å². The molecule has 9 heteroatoms. The highest BCUT2D eigenvalue weighted by molar-refractivity contribution is 5.94. The van der Waals surface area contributed by atoms with Gasteiger partial charge in [0.2, 0.25) is 0 Å². The van der Waals surface area contributed by atoms with Gasteiger partial charge >= 0.3 is 6.18 Å². The minimum absolute atomic E-state index is 0.0877. The fourth-order valence-electron chi connectivity index (χ4n) is 4.39. The van der Waals surface area contributed by atoms with Crippen LogP contribution in [0.5, 0.6) is 0 Å². The Morgan fingerprint density at radius 2 is 1.74 bits per heavy atom. The standard InChI is InChI=1S/C29H31F4N3O2/c1-19-15-26(25(30)17-20-7-9-23(10-8-20)28(2,3)29(31,32)33)34-36(19)18-21-5-4-6-22(16-21)27(38)35-13-11-24(37)12-14-35/h4-10,15-17,24,37H,11-14,18H2,1-3H3. The molecule has 0 radical (unpaired) electrons. The number of rotatable bonds is 6. The van der Waals surface area contributed by atoms with Gasteiger partial charge in [0, 0.05) is 24.3 Å². The van der Waals surface area contributed by atoms with Gasteiger partial charge < -0.3 is 10.0 Å². The van der Waals surface area contributed by atoms with Crippen LogP contribution in [0.3, 0.4) is 0 Å². The van der Waals surface area contributed by atoms with Crippen molar-refractivity contribution in [3.05, 3.63) is 88.2 Å². The Balaban J connectivity index is 1.47. The fraction of sp³-hybridized carbons (Fsp3) is 0.379. The predicted molar refractivity (Wildman–Crippen MR) is 138 cm³/mol. The van der Waals surface area contributed by atoms with Gasteiger partial charge in [0.1, 0.15) is 5.69 Å². The zero-order chi connectivity index (χ0) is 27.7. The Hall–Kier alpha value is -3.46. The van der Waals surface area contributed by atoms with Gasteiger partial charge in [-0.1, -0.05) is 36.4 Å². The van der Waals surface area contributed by atoms with E-state index in [9.17, 15) is 23.1 Å². The van der Waals surface area contributed by atoms with Crippen LogP contribution in [-0.2, 0) is 12.0 Å². The molecule has 0 saturated carbocycles. The summed E-state index contributed by atoms with van der Waals surface area (Å²) in [7, 11) is 0. The molecule has 202 valence electrons. The summed E-state index contributed by atoms with van der Waals surface area (Å²) in [5.41, 5.74) is 0.718. The van der Waals surface area contributed by atoms with E-state index in [4.69, 9.17) is 0 Å². The maximum absolute atomic E-state index is 15.0. The summed E-state index contributed by atoms with van der Waals surface area (Å²) in [5.74, 6) is -0.693. The summed E-state index contributed by atoms with van der Waals surface area (Å²) in [6.07, 6.45) is -2.39. The molecule has 5 nitrogen and oxygen atoms in total. The molecule has 0 aliphatic carbocycles. The summed E-state index contributed by atoms with van der Waals surface area (Å²) in [6, 6.07) is 14.4. The molecule has 1 N–H and O–H groups in total. The van der Waals surface area contributed by atoms with E-state index in [1.54, 1.807) is 40.8 Å². The number of benzene rings is 2. The molecule has 1 aliphatic heterocycles. The predicted octanol–water partition coefficient (Wildman–Crippen LogP) is 6.14. The quantitative estimate of drug-likeness (QED) is 0.390. The molecule has 0 atom stereocenters. The van der Waals surface area contributed by atoms with E-state index in [0.717, 1.165) is 19.4 Å². The van der Waals surface area contributed by atoms with E-state index in [1.807, 2.05) is 6.07 Å². The molecule has 1 saturated heterocycles. The van der Waals surface area contributed by atoms with Crippen molar-refractivity contribution in [1.29, 1.82) is 0 Å². The molecule has 0 spiro atoms. The lowest BCUT2D eigenvalue weighted by molar-refractivity contribution is -0.180. The van der Waals surface area contributed by atoms with Crippen LogP contribution in [0.1, 0.15) is 65.1 Å². The van der Waals surface area contributed by atoms with Crippen LogP contribution in [0.4, 0.5) is 17.6 Å². The molecular weight excluding hydrogens is 498 g/mol. The first-order valence-corrected chi connectivity index (χ1v) is 12.5. The number of likely N-dealkylation sites (tertiary alicyclic amines) is 1. The van der Waals surface area contributed by atoms with Crippen LogP contribution < -0.4 is 0 Å².